The molecule has 6 nitrogen and oxygen atoms in total. The Morgan fingerprint density at radius 2 is 2.47 bits per heavy atom. The highest BCUT2D eigenvalue weighted by atomic mass is 16.1. The van der Waals surface area contributed by atoms with Gasteiger partial charge in [-0.2, -0.15) is 0 Å². The number of pyridine rings is 1. The van der Waals surface area contributed by atoms with E-state index in [4.69, 9.17) is 11.6 Å². The Hall–Kier alpha value is -1.66. The van der Waals surface area contributed by atoms with Crippen molar-refractivity contribution in [3.63, 3.8) is 0 Å². The average Bonchev–Trinajstić information content (AvgIpc) is 2.78. The van der Waals surface area contributed by atoms with Gasteiger partial charge in [-0.3, -0.25) is 9.69 Å². The van der Waals surface area contributed by atoms with Gasteiger partial charge in [0.2, 0.25) is 5.91 Å². The Bertz CT molecular complexity index is 409. The number of nitrogens with zero attached hydrogens (tertiary/aromatic N) is 2. The van der Waals surface area contributed by atoms with Gasteiger partial charge >= 0.3 is 0 Å². The number of nitrogen functional groups attached to an aromatic ring is 1. The first-order valence-electron chi connectivity index (χ1n) is 5.62. The first kappa shape index (κ1) is 11.8. The van der Waals surface area contributed by atoms with Crippen LogP contribution in [-0.2, 0) is 11.3 Å². The summed E-state index contributed by atoms with van der Waals surface area (Å²) in [4.78, 5) is 17.3. The second-order valence-electron chi connectivity index (χ2n) is 4.32. The first-order chi connectivity index (χ1) is 8.19. The third-order valence-corrected chi connectivity index (χ3v) is 3.05. The Morgan fingerprint density at radius 3 is 3.12 bits per heavy atom. The van der Waals surface area contributed by atoms with E-state index in [1.807, 2.05) is 12.1 Å². The van der Waals surface area contributed by atoms with Gasteiger partial charge in [0.1, 0.15) is 5.82 Å². The number of nitrogens with two attached hydrogens (primary N) is 2. The molecule has 1 saturated heterocycles. The zero-order valence-electron chi connectivity index (χ0n) is 9.60. The smallest absolute Gasteiger partial charge is 0.221 e. The van der Waals surface area contributed by atoms with E-state index in [0.717, 1.165) is 31.6 Å². The number of hydrogen-bond acceptors (Lipinski definition) is 5. The maximum atomic E-state index is 11.1. The maximum Gasteiger partial charge on any atom is 0.221 e. The Kier molecular flexibility index (Phi) is 3.55. The molecule has 1 aromatic heterocycles. The quantitative estimate of drug-likeness (QED) is 0.490. The predicted molar refractivity (Wildman–Crippen MR) is 64.6 cm³/mol. The largest absolute Gasteiger partial charge is 0.369 e. The molecule has 6 heteroatoms. The van der Waals surface area contributed by atoms with Crippen LogP contribution in [0.5, 0.6) is 0 Å². The van der Waals surface area contributed by atoms with Crippen LogP contribution in [0.25, 0.3) is 0 Å². The predicted octanol–water partition coefficient (Wildman–Crippen LogP) is -0.326. The van der Waals surface area contributed by atoms with Crippen molar-refractivity contribution in [2.24, 2.45) is 17.5 Å². The lowest BCUT2D eigenvalue weighted by Crippen LogP contribution is -2.27. The number of carbonyl (C=O) groups is 1. The number of anilines is 1. The minimum atomic E-state index is -0.202. The lowest BCUT2D eigenvalue weighted by Gasteiger charge is -2.15. The van der Waals surface area contributed by atoms with Crippen molar-refractivity contribution in [3.05, 3.63) is 23.9 Å². The molecule has 5 N–H and O–H groups in total. The van der Waals surface area contributed by atoms with Gasteiger partial charge in [-0.25, -0.2) is 10.8 Å². The summed E-state index contributed by atoms with van der Waals surface area (Å²) >= 11 is 0. The molecule has 0 aromatic carbocycles. The molecule has 2 heterocycles. The molecule has 0 radical (unpaired) electrons. The summed E-state index contributed by atoms with van der Waals surface area (Å²) in [5.74, 6) is 5.74. The molecular weight excluding hydrogens is 218 g/mol. The molecule has 0 spiro atoms. The molecule has 17 heavy (non-hydrogen) atoms. The summed E-state index contributed by atoms with van der Waals surface area (Å²) in [6.07, 6.45) is 2.56. The van der Waals surface area contributed by atoms with Crippen LogP contribution in [0.4, 0.5) is 5.82 Å². The Morgan fingerprint density at radius 1 is 1.65 bits per heavy atom. The van der Waals surface area contributed by atoms with E-state index in [-0.39, 0.29) is 11.8 Å². The fraction of sp³-hybridized carbons (Fsp3) is 0.455. The molecular formula is C11H17N5O. The number of amides is 1. The van der Waals surface area contributed by atoms with Crippen molar-refractivity contribution < 1.29 is 4.79 Å². The number of rotatable bonds is 4. The minimum Gasteiger partial charge on any atom is -0.369 e. The number of aromatic nitrogens is 1. The summed E-state index contributed by atoms with van der Waals surface area (Å²) in [6, 6.07) is 3.84. The SMILES string of the molecule is NNc1cc(CN2CCC(C(N)=O)C2)ccn1. The van der Waals surface area contributed by atoms with E-state index in [2.05, 4.69) is 15.3 Å². The molecule has 92 valence electrons. The summed E-state index contributed by atoms with van der Waals surface area (Å²) in [7, 11) is 0. The summed E-state index contributed by atoms with van der Waals surface area (Å²) in [5, 5.41) is 0. The number of hydrazine groups is 1. The minimum absolute atomic E-state index is 0.0102. The summed E-state index contributed by atoms with van der Waals surface area (Å²) in [5.41, 5.74) is 8.94. The Labute approximate surface area is 100.0 Å². The summed E-state index contributed by atoms with van der Waals surface area (Å²) in [6.45, 7) is 2.44. The van der Waals surface area contributed by atoms with Crippen molar-refractivity contribution >= 4 is 11.7 Å². The number of primary amides is 1. The highest BCUT2D eigenvalue weighted by molar-refractivity contribution is 5.77. The van der Waals surface area contributed by atoms with Crippen molar-refractivity contribution in [1.82, 2.24) is 9.88 Å². The lowest BCUT2D eigenvalue weighted by molar-refractivity contribution is -0.121. The number of carbonyl (C=O) groups excluding carboxylic acids is 1. The van der Waals surface area contributed by atoms with Crippen LogP contribution >= 0.6 is 0 Å². The van der Waals surface area contributed by atoms with Crippen molar-refractivity contribution in [1.29, 1.82) is 0 Å². The van der Waals surface area contributed by atoms with Crippen LogP contribution in [0.15, 0.2) is 18.3 Å². The molecule has 1 unspecified atom stereocenters. The van der Waals surface area contributed by atoms with E-state index < -0.39 is 0 Å². The van der Waals surface area contributed by atoms with Crippen LogP contribution in [-0.4, -0.2) is 28.9 Å². The monoisotopic (exact) mass is 235 g/mol. The second kappa shape index (κ2) is 5.11. The van der Waals surface area contributed by atoms with E-state index in [1.54, 1.807) is 6.20 Å². The van der Waals surface area contributed by atoms with Crippen molar-refractivity contribution in [2.75, 3.05) is 18.5 Å². The van der Waals surface area contributed by atoms with E-state index in [1.165, 1.54) is 0 Å². The van der Waals surface area contributed by atoms with Crippen LogP contribution in [0.2, 0.25) is 0 Å². The Balaban J connectivity index is 1.95. The molecule has 1 amide bonds. The van der Waals surface area contributed by atoms with Gasteiger partial charge in [-0.15, -0.1) is 0 Å². The highest BCUT2D eigenvalue weighted by Crippen LogP contribution is 2.18. The van der Waals surface area contributed by atoms with Gasteiger partial charge in [0.15, 0.2) is 0 Å². The van der Waals surface area contributed by atoms with E-state index in [0.29, 0.717) is 5.82 Å². The van der Waals surface area contributed by atoms with Crippen molar-refractivity contribution in [2.45, 2.75) is 13.0 Å². The zero-order valence-corrected chi connectivity index (χ0v) is 9.60. The molecule has 0 saturated carbocycles. The van der Waals surface area contributed by atoms with Crippen molar-refractivity contribution in [3.8, 4) is 0 Å². The second-order valence-corrected chi connectivity index (χ2v) is 4.32. The van der Waals surface area contributed by atoms with Crippen LogP contribution < -0.4 is 17.0 Å². The molecule has 1 aliphatic rings. The van der Waals surface area contributed by atoms with Gasteiger partial charge in [0.05, 0.1) is 5.92 Å². The average molecular weight is 235 g/mol. The molecule has 2 rings (SSSR count). The van der Waals surface area contributed by atoms with Gasteiger partial charge < -0.3 is 11.2 Å². The fourth-order valence-corrected chi connectivity index (χ4v) is 2.12. The lowest BCUT2D eigenvalue weighted by atomic mass is 10.1. The van der Waals surface area contributed by atoms with Crippen LogP contribution in [0.3, 0.4) is 0 Å². The number of nitrogens with one attached hydrogen (secondary N) is 1. The molecule has 0 aliphatic carbocycles. The van der Waals surface area contributed by atoms with Crippen LogP contribution in [0, 0.1) is 5.92 Å². The number of likely N-dealkylation sites (tertiary alicyclic amines) is 1. The molecule has 1 atom stereocenters. The maximum absolute atomic E-state index is 11.1. The normalized spacial score (nSPS) is 20.4. The third kappa shape index (κ3) is 2.92. The highest BCUT2D eigenvalue weighted by Gasteiger charge is 2.26. The van der Waals surface area contributed by atoms with Gasteiger partial charge in [0.25, 0.3) is 0 Å². The zero-order chi connectivity index (χ0) is 12.3. The molecule has 1 aliphatic heterocycles. The molecule has 0 bridgehead atoms. The van der Waals surface area contributed by atoms with Crippen LogP contribution in [0.1, 0.15) is 12.0 Å². The first-order valence-corrected chi connectivity index (χ1v) is 5.62. The van der Waals surface area contributed by atoms with E-state index in [9.17, 15) is 4.79 Å². The number of hydrogen-bond donors (Lipinski definition) is 3. The van der Waals surface area contributed by atoms with Gasteiger partial charge in [-0.1, -0.05) is 0 Å². The fourth-order valence-electron chi connectivity index (χ4n) is 2.12. The molecule has 1 aromatic rings. The molecule has 1 fully saturated rings. The van der Waals surface area contributed by atoms with Gasteiger partial charge in [0, 0.05) is 19.3 Å². The standard InChI is InChI=1S/C11H17N5O/c12-11(17)9-2-4-16(7-9)6-8-1-3-14-10(5-8)15-13/h1,3,5,9H,2,4,6-7,13H2,(H2,12,17)(H,14,15). The van der Waals surface area contributed by atoms with E-state index >= 15 is 0 Å². The topological polar surface area (TPSA) is 97.3 Å². The third-order valence-electron chi connectivity index (χ3n) is 3.05. The van der Waals surface area contributed by atoms with Gasteiger partial charge in [-0.05, 0) is 30.7 Å². The summed E-state index contributed by atoms with van der Waals surface area (Å²) < 4.78 is 0.